The van der Waals surface area contributed by atoms with Gasteiger partial charge in [-0.05, 0) is 33.6 Å². The number of nitrogens with zero attached hydrogens (tertiary/aromatic N) is 1. The molecule has 3 rings (SSSR count). The van der Waals surface area contributed by atoms with Gasteiger partial charge in [0, 0.05) is 6.04 Å². The Morgan fingerprint density at radius 3 is 2.95 bits per heavy atom. The molecule has 3 aliphatic rings. The van der Waals surface area contributed by atoms with Gasteiger partial charge in [0.15, 0.2) is 0 Å². The van der Waals surface area contributed by atoms with E-state index in [1.54, 1.807) is 6.08 Å². The molecule has 5 atom stereocenters. The number of carbonyl (C=O) groups excluding carboxylic acids is 1. The van der Waals surface area contributed by atoms with E-state index in [2.05, 4.69) is 19.9 Å². The molecule has 0 aromatic carbocycles. The minimum absolute atomic E-state index is 0.0658. The number of ether oxygens (including phenoxy) is 1. The minimum Gasteiger partial charge on any atom is -0.481 e. The summed E-state index contributed by atoms with van der Waals surface area (Å²) in [6, 6.07) is 0.0913. The number of amides is 1. The van der Waals surface area contributed by atoms with Crippen LogP contribution in [0.25, 0.3) is 0 Å². The summed E-state index contributed by atoms with van der Waals surface area (Å²) in [6.45, 7) is 6.62. The van der Waals surface area contributed by atoms with Crippen LogP contribution in [0.3, 0.4) is 0 Å². The van der Waals surface area contributed by atoms with Crippen LogP contribution >= 0.6 is 0 Å². The molecule has 2 bridgehead atoms. The van der Waals surface area contributed by atoms with Crippen LogP contribution in [0.5, 0.6) is 0 Å². The number of carboxylic acids is 1. The summed E-state index contributed by atoms with van der Waals surface area (Å²) in [4.78, 5) is 26.1. The van der Waals surface area contributed by atoms with E-state index in [1.807, 2.05) is 17.9 Å². The summed E-state index contributed by atoms with van der Waals surface area (Å²) >= 11 is 0. The molecule has 22 heavy (non-hydrogen) atoms. The van der Waals surface area contributed by atoms with Crippen LogP contribution in [-0.2, 0) is 14.3 Å². The van der Waals surface area contributed by atoms with Crippen molar-refractivity contribution in [2.45, 2.75) is 51.4 Å². The van der Waals surface area contributed by atoms with E-state index in [0.29, 0.717) is 6.54 Å². The second-order valence-electron chi connectivity index (χ2n) is 6.91. The van der Waals surface area contributed by atoms with Crippen molar-refractivity contribution in [1.82, 2.24) is 4.90 Å². The van der Waals surface area contributed by atoms with Gasteiger partial charge in [-0.1, -0.05) is 23.8 Å². The maximum atomic E-state index is 12.8. The van der Waals surface area contributed by atoms with E-state index >= 15 is 0 Å². The zero-order chi connectivity index (χ0) is 16.1. The fourth-order valence-corrected chi connectivity index (χ4v) is 3.95. The van der Waals surface area contributed by atoms with E-state index in [-0.39, 0.29) is 11.9 Å². The van der Waals surface area contributed by atoms with E-state index < -0.39 is 29.5 Å². The highest BCUT2D eigenvalue weighted by Crippen LogP contribution is 2.52. The fraction of sp³-hybridized carbons (Fsp3) is 0.647. The first kappa shape index (κ1) is 15.3. The summed E-state index contributed by atoms with van der Waals surface area (Å²) in [6.07, 6.45) is 7.23. The molecule has 0 aromatic heterocycles. The highest BCUT2D eigenvalue weighted by atomic mass is 16.5. The molecule has 120 valence electrons. The second-order valence-corrected chi connectivity index (χ2v) is 6.91. The number of fused-ring (bicyclic) bond motifs is 1. The Morgan fingerprint density at radius 2 is 2.32 bits per heavy atom. The van der Waals surface area contributed by atoms with Gasteiger partial charge < -0.3 is 14.7 Å². The Hall–Kier alpha value is -1.62. The third-order valence-corrected chi connectivity index (χ3v) is 5.08. The summed E-state index contributed by atoms with van der Waals surface area (Å²) < 4.78 is 5.88. The Balaban J connectivity index is 1.76. The maximum Gasteiger partial charge on any atom is 0.310 e. The van der Waals surface area contributed by atoms with Gasteiger partial charge in [-0.2, -0.15) is 0 Å². The smallest absolute Gasteiger partial charge is 0.310 e. The van der Waals surface area contributed by atoms with Crippen LogP contribution in [0, 0.1) is 11.8 Å². The number of rotatable bonds is 5. The third kappa shape index (κ3) is 2.19. The van der Waals surface area contributed by atoms with E-state index in [0.717, 1.165) is 12.8 Å². The monoisotopic (exact) mass is 305 g/mol. The standard InChI is InChI=1S/C17H23NO4/c1-10(2)5-4-6-11(3)18-9-17-8-7-12(22-17)13(16(20)21)14(17)15(18)19/h5,7-8,11-14H,4,6,9H2,1-3H3,(H,20,21)/t11?,12-,13?,14-,17?/m1/s1. The first-order valence-electron chi connectivity index (χ1n) is 7.89. The van der Waals surface area contributed by atoms with E-state index in [1.165, 1.54) is 5.57 Å². The molecule has 0 aliphatic carbocycles. The van der Waals surface area contributed by atoms with Gasteiger partial charge in [-0.25, -0.2) is 0 Å². The zero-order valence-corrected chi connectivity index (χ0v) is 13.3. The van der Waals surface area contributed by atoms with Gasteiger partial charge in [0.05, 0.1) is 18.6 Å². The lowest BCUT2D eigenvalue weighted by Crippen LogP contribution is -2.40. The highest BCUT2D eigenvalue weighted by molar-refractivity contribution is 5.90. The number of carbonyl (C=O) groups is 2. The summed E-state index contributed by atoms with van der Waals surface area (Å²) in [5.74, 6) is -2.31. The molecular weight excluding hydrogens is 282 g/mol. The third-order valence-electron chi connectivity index (χ3n) is 5.08. The largest absolute Gasteiger partial charge is 0.481 e. The molecule has 1 N–H and O–H groups in total. The van der Waals surface area contributed by atoms with Crippen molar-refractivity contribution in [3.05, 3.63) is 23.8 Å². The minimum atomic E-state index is -0.936. The fourth-order valence-electron chi connectivity index (χ4n) is 3.95. The summed E-state index contributed by atoms with van der Waals surface area (Å²) in [5.41, 5.74) is 0.557. The van der Waals surface area contributed by atoms with Crippen LogP contribution in [0.2, 0.25) is 0 Å². The number of aliphatic carboxylic acids is 1. The Morgan fingerprint density at radius 1 is 1.59 bits per heavy atom. The highest BCUT2D eigenvalue weighted by Gasteiger charge is 2.67. The molecule has 0 saturated carbocycles. The lowest BCUT2D eigenvalue weighted by molar-refractivity contribution is -0.148. The van der Waals surface area contributed by atoms with Gasteiger partial charge in [0.2, 0.25) is 5.91 Å². The number of hydrogen-bond acceptors (Lipinski definition) is 3. The topological polar surface area (TPSA) is 66.8 Å². The number of likely N-dealkylation sites (tertiary alicyclic amines) is 1. The molecule has 3 heterocycles. The van der Waals surface area contributed by atoms with Crippen LogP contribution < -0.4 is 0 Å². The van der Waals surface area contributed by atoms with Crippen LogP contribution in [0.15, 0.2) is 23.8 Å². The van der Waals surface area contributed by atoms with Gasteiger partial charge in [0.25, 0.3) is 0 Å². The van der Waals surface area contributed by atoms with E-state index in [4.69, 9.17) is 4.74 Å². The van der Waals surface area contributed by atoms with Gasteiger partial charge in [-0.15, -0.1) is 0 Å². The average Bonchev–Trinajstić information content (AvgIpc) is 3.06. The summed E-state index contributed by atoms with van der Waals surface area (Å²) in [5, 5.41) is 9.43. The molecule has 3 aliphatic heterocycles. The SMILES string of the molecule is CC(C)=CCCC(C)N1CC23C=C[C@@H](O2)C(C(=O)O)[C@@H]3C1=O. The number of allylic oxidation sites excluding steroid dienone is 2. The maximum absolute atomic E-state index is 12.8. The van der Waals surface area contributed by atoms with Crippen LogP contribution in [-0.4, -0.2) is 46.2 Å². The van der Waals surface area contributed by atoms with Crippen LogP contribution in [0.1, 0.15) is 33.6 Å². The molecule has 5 nitrogen and oxygen atoms in total. The summed E-state index contributed by atoms with van der Waals surface area (Å²) in [7, 11) is 0. The molecule has 0 aromatic rings. The number of hydrogen-bond donors (Lipinski definition) is 1. The molecule has 2 saturated heterocycles. The predicted octanol–water partition coefficient (Wildman–Crippen LogP) is 1.99. The zero-order valence-electron chi connectivity index (χ0n) is 13.3. The van der Waals surface area contributed by atoms with Crippen LogP contribution in [0.4, 0.5) is 0 Å². The first-order chi connectivity index (χ1) is 10.4. The van der Waals surface area contributed by atoms with E-state index in [9.17, 15) is 14.7 Å². The van der Waals surface area contributed by atoms with Crippen molar-refractivity contribution in [2.75, 3.05) is 6.54 Å². The quantitative estimate of drug-likeness (QED) is 0.789. The molecule has 1 spiro atoms. The Bertz CT molecular complexity index is 563. The van der Waals surface area contributed by atoms with Gasteiger partial charge in [0.1, 0.15) is 11.5 Å². The molecule has 1 amide bonds. The van der Waals surface area contributed by atoms with Crippen molar-refractivity contribution in [3.63, 3.8) is 0 Å². The molecule has 2 fully saturated rings. The van der Waals surface area contributed by atoms with Crippen molar-refractivity contribution >= 4 is 11.9 Å². The molecule has 5 heteroatoms. The second kappa shape index (κ2) is 5.23. The van der Waals surface area contributed by atoms with Crippen molar-refractivity contribution < 1.29 is 19.4 Å². The average molecular weight is 305 g/mol. The van der Waals surface area contributed by atoms with Crippen molar-refractivity contribution in [1.29, 1.82) is 0 Å². The molecule has 3 unspecified atom stereocenters. The lowest BCUT2D eigenvalue weighted by Gasteiger charge is -2.27. The molecule has 0 radical (unpaired) electrons. The van der Waals surface area contributed by atoms with Gasteiger partial charge >= 0.3 is 5.97 Å². The van der Waals surface area contributed by atoms with Gasteiger partial charge in [-0.3, -0.25) is 9.59 Å². The lowest BCUT2D eigenvalue weighted by atomic mass is 9.77. The molecular formula is C17H23NO4. The first-order valence-corrected chi connectivity index (χ1v) is 7.89. The predicted molar refractivity (Wildman–Crippen MR) is 81.2 cm³/mol. The van der Waals surface area contributed by atoms with Crippen molar-refractivity contribution in [3.8, 4) is 0 Å². The number of carboxylic acid groups (broad SMARTS) is 1. The Kier molecular flexibility index (Phi) is 3.63. The Labute approximate surface area is 130 Å². The van der Waals surface area contributed by atoms with Crippen molar-refractivity contribution in [2.24, 2.45) is 11.8 Å². The normalized spacial score (nSPS) is 36.6.